The molecular weight excluding hydrogens is 306 g/mol. The molecule has 1 fully saturated rings. The van der Waals surface area contributed by atoms with Crippen LogP contribution in [0.3, 0.4) is 0 Å². The summed E-state index contributed by atoms with van der Waals surface area (Å²) in [5.74, 6) is 0. The summed E-state index contributed by atoms with van der Waals surface area (Å²) in [7, 11) is 0. The molecule has 1 saturated heterocycles. The molecule has 0 aliphatic carbocycles. The minimum Gasteiger partial charge on any atom is -0.377 e. The van der Waals surface area contributed by atoms with Crippen LogP contribution in [0.1, 0.15) is 29.7 Å². The van der Waals surface area contributed by atoms with Gasteiger partial charge in [-0.15, -0.1) is 6.58 Å². The Morgan fingerprint density at radius 2 is 2.43 bits per heavy atom. The van der Waals surface area contributed by atoms with E-state index in [1.54, 1.807) is 11.3 Å². The first-order chi connectivity index (χ1) is 11.2. The van der Waals surface area contributed by atoms with Gasteiger partial charge in [0.05, 0.1) is 18.3 Å². The zero-order valence-corrected chi connectivity index (χ0v) is 14.6. The van der Waals surface area contributed by atoms with Gasteiger partial charge in [0.15, 0.2) is 0 Å². The van der Waals surface area contributed by atoms with Crippen molar-refractivity contribution in [2.75, 3.05) is 13.2 Å². The first-order valence-electron chi connectivity index (χ1n) is 8.23. The normalized spacial score (nSPS) is 17.9. The summed E-state index contributed by atoms with van der Waals surface area (Å²) in [5, 5.41) is 8.95. The Balaban J connectivity index is 1.70. The lowest BCUT2D eigenvalue weighted by Gasteiger charge is -2.24. The van der Waals surface area contributed by atoms with Crippen LogP contribution in [-0.2, 0) is 24.4 Å². The van der Waals surface area contributed by atoms with E-state index >= 15 is 0 Å². The molecule has 0 unspecified atom stereocenters. The molecule has 1 aliphatic heterocycles. The predicted molar refractivity (Wildman–Crippen MR) is 94.6 cm³/mol. The third kappa shape index (κ3) is 4.53. The highest BCUT2D eigenvalue weighted by Crippen LogP contribution is 2.19. The molecule has 1 aliphatic rings. The van der Waals surface area contributed by atoms with E-state index in [2.05, 4.69) is 46.5 Å². The van der Waals surface area contributed by atoms with Crippen LogP contribution in [0.2, 0.25) is 0 Å². The van der Waals surface area contributed by atoms with Gasteiger partial charge < -0.3 is 4.74 Å². The average molecular weight is 331 g/mol. The average Bonchev–Trinajstić information content (AvgIpc) is 3.24. The first kappa shape index (κ1) is 16.4. The number of nitrogens with zero attached hydrogens (tertiary/aromatic N) is 3. The van der Waals surface area contributed by atoms with Gasteiger partial charge in [-0.1, -0.05) is 6.08 Å². The summed E-state index contributed by atoms with van der Waals surface area (Å²) in [6.45, 7) is 10.4. The Morgan fingerprint density at radius 3 is 3.13 bits per heavy atom. The van der Waals surface area contributed by atoms with Gasteiger partial charge in [-0.2, -0.15) is 16.4 Å². The van der Waals surface area contributed by atoms with Crippen molar-refractivity contribution >= 4 is 11.3 Å². The molecule has 2 aromatic rings. The summed E-state index contributed by atoms with van der Waals surface area (Å²) in [6.07, 6.45) is 6.76. The molecule has 0 saturated carbocycles. The fourth-order valence-electron chi connectivity index (χ4n) is 3.08. The summed E-state index contributed by atoms with van der Waals surface area (Å²) < 4.78 is 7.81. The van der Waals surface area contributed by atoms with Crippen molar-refractivity contribution in [3.8, 4) is 0 Å². The molecule has 5 heteroatoms. The van der Waals surface area contributed by atoms with E-state index in [1.165, 1.54) is 24.0 Å². The van der Waals surface area contributed by atoms with Gasteiger partial charge in [0.2, 0.25) is 0 Å². The Hall–Kier alpha value is -1.43. The number of rotatable bonds is 8. The number of hydrogen-bond donors (Lipinski definition) is 0. The maximum Gasteiger partial charge on any atom is 0.0703 e. The van der Waals surface area contributed by atoms with Crippen molar-refractivity contribution in [3.63, 3.8) is 0 Å². The summed E-state index contributed by atoms with van der Waals surface area (Å²) in [5.41, 5.74) is 3.78. The molecule has 0 aromatic carbocycles. The van der Waals surface area contributed by atoms with E-state index in [9.17, 15) is 0 Å². The van der Waals surface area contributed by atoms with Crippen molar-refractivity contribution in [1.29, 1.82) is 0 Å². The molecular formula is C18H25N3OS. The highest BCUT2D eigenvalue weighted by molar-refractivity contribution is 7.07. The van der Waals surface area contributed by atoms with Gasteiger partial charge in [0.1, 0.15) is 0 Å². The summed E-state index contributed by atoms with van der Waals surface area (Å²) in [6, 6.07) is 2.21. The molecule has 0 spiro atoms. The van der Waals surface area contributed by atoms with Gasteiger partial charge in [-0.05, 0) is 42.2 Å². The second-order valence-electron chi connectivity index (χ2n) is 6.19. The predicted octanol–water partition coefficient (Wildman–Crippen LogP) is 3.62. The molecule has 0 N–H and O–H groups in total. The van der Waals surface area contributed by atoms with Crippen LogP contribution < -0.4 is 0 Å². The molecule has 1 atom stereocenters. The molecule has 0 amide bonds. The first-order valence-corrected chi connectivity index (χ1v) is 9.17. The van der Waals surface area contributed by atoms with E-state index in [0.29, 0.717) is 6.10 Å². The minimum atomic E-state index is 0.372. The van der Waals surface area contributed by atoms with Gasteiger partial charge >= 0.3 is 0 Å². The van der Waals surface area contributed by atoms with E-state index in [0.717, 1.165) is 38.5 Å². The van der Waals surface area contributed by atoms with Crippen molar-refractivity contribution < 1.29 is 4.74 Å². The highest BCUT2D eigenvalue weighted by Gasteiger charge is 2.20. The smallest absolute Gasteiger partial charge is 0.0703 e. The number of allylic oxidation sites excluding steroid dienone is 1. The maximum atomic E-state index is 5.84. The SMILES string of the molecule is C=CCn1cc(CN(Cc2ccsc2)C[C@@H]2CCCO2)c(C)n1. The Labute approximate surface area is 142 Å². The second kappa shape index (κ2) is 7.90. The molecule has 2 aromatic heterocycles. The summed E-state index contributed by atoms with van der Waals surface area (Å²) >= 11 is 1.76. The lowest BCUT2D eigenvalue weighted by atomic mass is 10.2. The van der Waals surface area contributed by atoms with E-state index in [4.69, 9.17) is 4.74 Å². The fraction of sp³-hybridized carbons (Fsp3) is 0.500. The third-order valence-corrected chi connectivity index (χ3v) is 4.96. The van der Waals surface area contributed by atoms with Gasteiger partial charge in [0, 0.05) is 38.0 Å². The van der Waals surface area contributed by atoms with Crippen LogP contribution >= 0.6 is 11.3 Å². The van der Waals surface area contributed by atoms with Crippen molar-refractivity contribution in [2.24, 2.45) is 0 Å². The third-order valence-electron chi connectivity index (χ3n) is 4.23. The van der Waals surface area contributed by atoms with Crippen LogP contribution in [0, 0.1) is 6.92 Å². The largest absolute Gasteiger partial charge is 0.377 e. The second-order valence-corrected chi connectivity index (χ2v) is 6.97. The van der Waals surface area contributed by atoms with Gasteiger partial charge in [-0.25, -0.2) is 0 Å². The van der Waals surface area contributed by atoms with Crippen LogP contribution in [-0.4, -0.2) is 33.9 Å². The fourth-order valence-corrected chi connectivity index (χ4v) is 3.74. The van der Waals surface area contributed by atoms with E-state index in [-0.39, 0.29) is 0 Å². The van der Waals surface area contributed by atoms with E-state index in [1.807, 2.05) is 10.8 Å². The molecule has 4 nitrogen and oxygen atoms in total. The minimum absolute atomic E-state index is 0.372. The zero-order valence-electron chi connectivity index (χ0n) is 13.8. The Morgan fingerprint density at radius 1 is 1.52 bits per heavy atom. The monoisotopic (exact) mass is 331 g/mol. The standard InChI is InChI=1S/C18H25N3OS/c1-3-7-21-12-17(15(2)19-21)11-20(10-16-6-9-23-14-16)13-18-5-4-8-22-18/h3,6,9,12,14,18H,1,4-5,7-8,10-11,13H2,2H3/t18-/m0/s1. The van der Waals surface area contributed by atoms with Crippen LogP contribution in [0.15, 0.2) is 35.7 Å². The lowest BCUT2D eigenvalue weighted by molar-refractivity contribution is 0.0679. The van der Waals surface area contributed by atoms with Crippen LogP contribution in [0.4, 0.5) is 0 Å². The van der Waals surface area contributed by atoms with Crippen molar-refractivity contribution in [2.45, 2.75) is 45.5 Å². The molecule has 0 radical (unpaired) electrons. The lowest BCUT2D eigenvalue weighted by Crippen LogP contribution is -2.31. The number of aromatic nitrogens is 2. The molecule has 124 valence electrons. The van der Waals surface area contributed by atoms with Gasteiger partial charge in [0.25, 0.3) is 0 Å². The quantitative estimate of drug-likeness (QED) is 0.692. The van der Waals surface area contributed by atoms with Gasteiger partial charge in [-0.3, -0.25) is 9.58 Å². The van der Waals surface area contributed by atoms with Crippen LogP contribution in [0.25, 0.3) is 0 Å². The van der Waals surface area contributed by atoms with Crippen LogP contribution in [0.5, 0.6) is 0 Å². The molecule has 3 rings (SSSR count). The molecule has 23 heavy (non-hydrogen) atoms. The number of aryl methyl sites for hydroxylation is 1. The highest BCUT2D eigenvalue weighted by atomic mass is 32.1. The van der Waals surface area contributed by atoms with Crippen molar-refractivity contribution in [1.82, 2.24) is 14.7 Å². The molecule has 3 heterocycles. The number of hydrogen-bond acceptors (Lipinski definition) is 4. The maximum absolute atomic E-state index is 5.84. The number of ether oxygens (including phenoxy) is 1. The van der Waals surface area contributed by atoms with E-state index < -0.39 is 0 Å². The summed E-state index contributed by atoms with van der Waals surface area (Å²) in [4.78, 5) is 2.49. The topological polar surface area (TPSA) is 30.3 Å². The zero-order chi connectivity index (χ0) is 16.1. The van der Waals surface area contributed by atoms with Crippen molar-refractivity contribution in [3.05, 3.63) is 52.5 Å². The molecule has 0 bridgehead atoms. The Bertz CT molecular complexity index is 614. The Kier molecular flexibility index (Phi) is 5.65. The number of thiophene rings is 1.